The first kappa shape index (κ1) is 16.6. The fraction of sp³-hybridized carbons (Fsp3) is 0.600. The van der Waals surface area contributed by atoms with Gasteiger partial charge in [-0.3, -0.25) is 4.90 Å². The molecule has 0 aromatic heterocycles. The number of rotatable bonds is 6. The fourth-order valence-corrected chi connectivity index (χ4v) is 2.53. The van der Waals surface area contributed by atoms with Gasteiger partial charge in [-0.25, -0.2) is 0 Å². The summed E-state index contributed by atoms with van der Waals surface area (Å²) in [6.45, 7) is 10.2. The highest BCUT2D eigenvalue weighted by molar-refractivity contribution is 6.21. The quantitative estimate of drug-likeness (QED) is 0.801. The lowest BCUT2D eigenvalue weighted by Crippen LogP contribution is -2.33. The van der Waals surface area contributed by atoms with Gasteiger partial charge in [0.2, 0.25) is 0 Å². The van der Waals surface area contributed by atoms with Gasteiger partial charge in [0.05, 0.1) is 0 Å². The molecule has 0 aliphatic rings. The molecule has 0 fully saturated rings. The van der Waals surface area contributed by atoms with Gasteiger partial charge in [0.25, 0.3) is 0 Å². The maximum atomic E-state index is 10.0. The Morgan fingerprint density at radius 2 is 1.53 bits per heavy atom. The van der Waals surface area contributed by atoms with Crippen molar-refractivity contribution in [1.29, 1.82) is 0 Å². The molecule has 2 nitrogen and oxygen atoms in total. The maximum absolute atomic E-state index is 10.0. The second kappa shape index (κ2) is 7.37. The highest BCUT2D eigenvalue weighted by atomic mass is 35.5. The van der Waals surface area contributed by atoms with Crippen LogP contribution >= 0.6 is 23.2 Å². The maximum Gasteiger partial charge on any atom is 0.120 e. The predicted octanol–water partition coefficient (Wildman–Crippen LogP) is 4.07. The SMILES string of the molecule is Cc1cc(O)c(CN(CC(C)Cl)CC(C)Cl)cc1C. The molecule has 19 heavy (non-hydrogen) atoms. The summed E-state index contributed by atoms with van der Waals surface area (Å²) >= 11 is 12.1. The second-order valence-electron chi connectivity index (χ2n) is 5.32. The number of aryl methyl sites for hydroxylation is 2. The molecule has 1 aromatic carbocycles. The highest BCUT2D eigenvalue weighted by Crippen LogP contribution is 2.23. The topological polar surface area (TPSA) is 23.5 Å². The van der Waals surface area contributed by atoms with Crippen molar-refractivity contribution in [1.82, 2.24) is 4.90 Å². The van der Waals surface area contributed by atoms with Gasteiger partial charge in [0.15, 0.2) is 0 Å². The number of phenols is 1. The summed E-state index contributed by atoms with van der Waals surface area (Å²) in [5.74, 6) is 0.345. The lowest BCUT2D eigenvalue weighted by molar-refractivity contribution is 0.266. The summed E-state index contributed by atoms with van der Waals surface area (Å²) in [7, 11) is 0. The average Bonchev–Trinajstić information content (AvgIpc) is 2.23. The van der Waals surface area contributed by atoms with Crippen molar-refractivity contribution in [2.75, 3.05) is 13.1 Å². The van der Waals surface area contributed by atoms with E-state index in [4.69, 9.17) is 23.2 Å². The summed E-state index contributed by atoms with van der Waals surface area (Å²) in [5, 5.41) is 10.2. The van der Waals surface area contributed by atoms with Crippen LogP contribution in [-0.4, -0.2) is 33.9 Å². The van der Waals surface area contributed by atoms with Crippen molar-refractivity contribution in [2.45, 2.75) is 45.0 Å². The normalized spacial score (nSPS) is 14.7. The van der Waals surface area contributed by atoms with Crippen LogP contribution in [0.1, 0.15) is 30.5 Å². The number of halogens is 2. The minimum absolute atomic E-state index is 0.0594. The molecule has 0 saturated carbocycles. The number of aromatic hydroxyl groups is 1. The lowest BCUT2D eigenvalue weighted by atomic mass is 10.0. The first-order valence-corrected chi connectivity index (χ1v) is 7.46. The second-order valence-corrected chi connectivity index (χ2v) is 6.81. The third-order valence-electron chi connectivity index (χ3n) is 3.11. The summed E-state index contributed by atoms with van der Waals surface area (Å²) in [4.78, 5) is 2.18. The summed E-state index contributed by atoms with van der Waals surface area (Å²) in [6, 6.07) is 3.85. The van der Waals surface area contributed by atoms with Crippen molar-refractivity contribution in [3.8, 4) is 5.75 Å². The Hall–Kier alpha value is -0.440. The number of hydrogen-bond donors (Lipinski definition) is 1. The Balaban J connectivity index is 2.86. The van der Waals surface area contributed by atoms with E-state index < -0.39 is 0 Å². The third-order valence-corrected chi connectivity index (χ3v) is 3.38. The molecule has 0 aliphatic carbocycles. The molecular formula is C15H23Cl2NO. The molecular weight excluding hydrogens is 281 g/mol. The van der Waals surface area contributed by atoms with E-state index in [0.29, 0.717) is 12.3 Å². The monoisotopic (exact) mass is 303 g/mol. The van der Waals surface area contributed by atoms with Crippen molar-refractivity contribution in [3.05, 3.63) is 28.8 Å². The minimum Gasteiger partial charge on any atom is -0.508 e. The molecule has 0 spiro atoms. The summed E-state index contributed by atoms with van der Waals surface area (Å²) < 4.78 is 0. The van der Waals surface area contributed by atoms with Crippen LogP contribution < -0.4 is 0 Å². The van der Waals surface area contributed by atoms with Crippen LogP contribution in [0.3, 0.4) is 0 Å². The molecule has 0 aliphatic heterocycles. The van der Waals surface area contributed by atoms with Gasteiger partial charge in [-0.2, -0.15) is 0 Å². The Morgan fingerprint density at radius 3 is 2.00 bits per heavy atom. The summed E-state index contributed by atoms with van der Waals surface area (Å²) in [6.07, 6.45) is 0. The number of hydrogen-bond acceptors (Lipinski definition) is 2. The van der Waals surface area contributed by atoms with E-state index in [-0.39, 0.29) is 10.8 Å². The van der Waals surface area contributed by atoms with Crippen LogP contribution in [0.25, 0.3) is 0 Å². The van der Waals surface area contributed by atoms with Crippen LogP contribution in [0, 0.1) is 13.8 Å². The molecule has 2 unspecified atom stereocenters. The Labute approximate surface area is 126 Å². The van der Waals surface area contributed by atoms with Gasteiger partial charge in [-0.15, -0.1) is 23.2 Å². The molecule has 1 aromatic rings. The van der Waals surface area contributed by atoms with E-state index in [0.717, 1.165) is 24.2 Å². The molecule has 1 rings (SSSR count). The zero-order valence-corrected chi connectivity index (χ0v) is 13.6. The highest BCUT2D eigenvalue weighted by Gasteiger charge is 2.14. The molecule has 4 heteroatoms. The van der Waals surface area contributed by atoms with Crippen molar-refractivity contribution in [2.24, 2.45) is 0 Å². The van der Waals surface area contributed by atoms with Crippen LogP contribution in [0.4, 0.5) is 0 Å². The van der Waals surface area contributed by atoms with Crippen LogP contribution in [0.15, 0.2) is 12.1 Å². The molecule has 0 radical (unpaired) electrons. The van der Waals surface area contributed by atoms with Gasteiger partial charge in [0.1, 0.15) is 5.75 Å². The minimum atomic E-state index is 0.0594. The first-order valence-electron chi connectivity index (χ1n) is 6.59. The van der Waals surface area contributed by atoms with E-state index >= 15 is 0 Å². The molecule has 0 heterocycles. The van der Waals surface area contributed by atoms with E-state index in [2.05, 4.69) is 11.8 Å². The zero-order chi connectivity index (χ0) is 14.6. The van der Waals surface area contributed by atoms with E-state index in [1.54, 1.807) is 0 Å². The van der Waals surface area contributed by atoms with Gasteiger partial charge < -0.3 is 5.11 Å². The largest absolute Gasteiger partial charge is 0.508 e. The number of alkyl halides is 2. The average molecular weight is 304 g/mol. The van der Waals surface area contributed by atoms with Crippen molar-refractivity contribution in [3.63, 3.8) is 0 Å². The Bertz CT molecular complexity index is 409. The number of benzene rings is 1. The molecule has 0 saturated heterocycles. The Kier molecular flexibility index (Phi) is 6.45. The Morgan fingerprint density at radius 1 is 1.05 bits per heavy atom. The van der Waals surface area contributed by atoms with Crippen molar-refractivity contribution < 1.29 is 5.11 Å². The molecule has 0 bridgehead atoms. The van der Waals surface area contributed by atoms with Gasteiger partial charge in [0, 0.05) is 36.0 Å². The summed E-state index contributed by atoms with van der Waals surface area (Å²) in [5.41, 5.74) is 3.22. The van der Waals surface area contributed by atoms with Gasteiger partial charge in [-0.05, 0) is 44.9 Å². The first-order chi connectivity index (χ1) is 8.79. The fourth-order valence-electron chi connectivity index (χ4n) is 2.14. The van der Waals surface area contributed by atoms with E-state index in [1.807, 2.05) is 32.9 Å². The van der Waals surface area contributed by atoms with Gasteiger partial charge in [-0.1, -0.05) is 6.07 Å². The standard InChI is InChI=1S/C15H23Cl2NO/c1-10-5-14(15(19)6-11(10)2)9-18(7-12(3)16)8-13(4)17/h5-6,12-13,19H,7-9H2,1-4H3. The molecule has 108 valence electrons. The third kappa shape index (κ3) is 5.60. The molecule has 2 atom stereocenters. The predicted molar refractivity (Wildman–Crippen MR) is 83.5 cm³/mol. The lowest BCUT2D eigenvalue weighted by Gasteiger charge is -2.25. The van der Waals surface area contributed by atoms with E-state index in [9.17, 15) is 5.11 Å². The van der Waals surface area contributed by atoms with E-state index in [1.165, 1.54) is 5.56 Å². The van der Waals surface area contributed by atoms with Crippen LogP contribution in [0.5, 0.6) is 5.75 Å². The zero-order valence-electron chi connectivity index (χ0n) is 12.1. The number of nitrogens with zero attached hydrogens (tertiary/aromatic N) is 1. The van der Waals surface area contributed by atoms with Crippen LogP contribution in [0.2, 0.25) is 0 Å². The number of phenolic OH excluding ortho intramolecular Hbond substituents is 1. The molecule has 0 amide bonds. The molecule has 1 N–H and O–H groups in total. The smallest absolute Gasteiger partial charge is 0.120 e. The van der Waals surface area contributed by atoms with Crippen LogP contribution in [-0.2, 0) is 6.54 Å². The van der Waals surface area contributed by atoms with Crippen molar-refractivity contribution >= 4 is 23.2 Å². The van der Waals surface area contributed by atoms with Gasteiger partial charge >= 0.3 is 0 Å².